The van der Waals surface area contributed by atoms with E-state index in [1.807, 2.05) is 0 Å². The molecule has 14 heavy (non-hydrogen) atoms. The fourth-order valence-electron chi connectivity index (χ4n) is 1.97. The van der Waals surface area contributed by atoms with Gasteiger partial charge in [0.05, 0.1) is 0 Å². The predicted octanol–water partition coefficient (Wildman–Crippen LogP) is 3.47. The Labute approximate surface area is 99.8 Å². The Bertz CT molecular complexity index is 308. The Morgan fingerprint density at radius 1 is 1.43 bits per heavy atom. The van der Waals surface area contributed by atoms with Gasteiger partial charge in [0.1, 0.15) is 0 Å². The van der Waals surface area contributed by atoms with Crippen molar-refractivity contribution < 1.29 is 0 Å². The van der Waals surface area contributed by atoms with Crippen LogP contribution in [0.1, 0.15) is 25.3 Å². The van der Waals surface area contributed by atoms with Crippen LogP contribution >= 0.6 is 28.3 Å². The van der Waals surface area contributed by atoms with Crippen LogP contribution in [0.25, 0.3) is 0 Å². The van der Waals surface area contributed by atoms with Crippen LogP contribution in [0.2, 0.25) is 0 Å². The van der Waals surface area contributed by atoms with Gasteiger partial charge in [-0.1, -0.05) is 28.1 Å². The molecule has 1 nitrogen and oxygen atoms in total. The van der Waals surface area contributed by atoms with Crippen LogP contribution in [0, 0.1) is 0 Å². The first-order valence-electron chi connectivity index (χ1n) is 4.72. The van der Waals surface area contributed by atoms with Crippen LogP contribution in [0.5, 0.6) is 0 Å². The van der Waals surface area contributed by atoms with Crippen molar-refractivity contribution in [1.29, 1.82) is 0 Å². The van der Waals surface area contributed by atoms with Crippen LogP contribution in [-0.2, 0) is 5.54 Å². The largest absolute Gasteiger partial charge is 0.308 e. The Hall–Kier alpha value is -0.0500. The molecular weight excluding hydrogens is 261 g/mol. The first-order valence-corrected chi connectivity index (χ1v) is 5.51. The highest BCUT2D eigenvalue weighted by molar-refractivity contribution is 9.10. The quantitative estimate of drug-likeness (QED) is 0.828. The number of hydrogen-bond donors (Lipinski definition) is 1. The van der Waals surface area contributed by atoms with Gasteiger partial charge in [0.15, 0.2) is 0 Å². The number of hydrogen-bond acceptors (Lipinski definition) is 1. The van der Waals surface area contributed by atoms with E-state index in [0.29, 0.717) is 0 Å². The molecule has 78 valence electrons. The van der Waals surface area contributed by atoms with Gasteiger partial charge < -0.3 is 5.32 Å². The normalized spacial score (nSPS) is 25.9. The van der Waals surface area contributed by atoms with Gasteiger partial charge in [-0.2, -0.15) is 0 Å². The molecule has 1 saturated heterocycles. The molecule has 1 heterocycles. The fourth-order valence-corrected chi connectivity index (χ4v) is 2.37. The summed E-state index contributed by atoms with van der Waals surface area (Å²) in [5.74, 6) is 0. The molecular formula is C11H15BrClN. The summed E-state index contributed by atoms with van der Waals surface area (Å²) in [7, 11) is 0. The second kappa shape index (κ2) is 4.65. The second-order valence-electron chi connectivity index (χ2n) is 3.87. The van der Waals surface area contributed by atoms with Gasteiger partial charge in [0.25, 0.3) is 0 Å². The Morgan fingerprint density at radius 2 is 2.21 bits per heavy atom. The first kappa shape index (κ1) is 12.0. The average Bonchev–Trinajstić information content (AvgIpc) is 2.54. The van der Waals surface area contributed by atoms with Crippen LogP contribution in [0.3, 0.4) is 0 Å². The zero-order chi connectivity index (χ0) is 9.31. The van der Waals surface area contributed by atoms with E-state index in [2.05, 4.69) is 52.4 Å². The van der Waals surface area contributed by atoms with Crippen molar-refractivity contribution in [3.05, 3.63) is 34.3 Å². The summed E-state index contributed by atoms with van der Waals surface area (Å²) < 4.78 is 1.17. The molecule has 0 spiro atoms. The Morgan fingerprint density at radius 3 is 2.79 bits per heavy atom. The van der Waals surface area contributed by atoms with Gasteiger partial charge in [-0.3, -0.25) is 0 Å². The van der Waals surface area contributed by atoms with E-state index < -0.39 is 0 Å². The highest BCUT2D eigenvalue weighted by Gasteiger charge is 2.29. The third-order valence-corrected chi connectivity index (χ3v) is 3.32. The van der Waals surface area contributed by atoms with Crippen molar-refractivity contribution in [2.24, 2.45) is 0 Å². The molecule has 0 bridgehead atoms. The van der Waals surface area contributed by atoms with Gasteiger partial charge in [0.2, 0.25) is 0 Å². The monoisotopic (exact) mass is 275 g/mol. The lowest BCUT2D eigenvalue weighted by atomic mass is 9.91. The first-order chi connectivity index (χ1) is 6.21. The van der Waals surface area contributed by atoms with Crippen LogP contribution < -0.4 is 5.32 Å². The summed E-state index contributed by atoms with van der Waals surface area (Å²) in [4.78, 5) is 0. The van der Waals surface area contributed by atoms with E-state index in [9.17, 15) is 0 Å². The van der Waals surface area contributed by atoms with E-state index in [0.717, 1.165) is 6.54 Å². The molecule has 1 unspecified atom stereocenters. The van der Waals surface area contributed by atoms with Gasteiger partial charge in [-0.05, 0) is 44.0 Å². The lowest BCUT2D eigenvalue weighted by Gasteiger charge is -2.25. The highest BCUT2D eigenvalue weighted by Crippen LogP contribution is 2.31. The zero-order valence-corrected chi connectivity index (χ0v) is 10.6. The molecule has 1 aliphatic heterocycles. The molecule has 0 aromatic heterocycles. The van der Waals surface area contributed by atoms with Crippen molar-refractivity contribution in [2.75, 3.05) is 6.54 Å². The van der Waals surface area contributed by atoms with Crippen molar-refractivity contribution in [3.8, 4) is 0 Å². The van der Waals surface area contributed by atoms with E-state index >= 15 is 0 Å². The maximum absolute atomic E-state index is 3.56. The number of benzene rings is 1. The van der Waals surface area contributed by atoms with E-state index in [4.69, 9.17) is 0 Å². The SMILES string of the molecule is CC1(c2cccc(Br)c2)CCCN1.Cl. The van der Waals surface area contributed by atoms with Crippen molar-refractivity contribution in [1.82, 2.24) is 5.32 Å². The Kier molecular flexibility index (Phi) is 3.99. The topological polar surface area (TPSA) is 12.0 Å². The smallest absolute Gasteiger partial charge is 0.0406 e. The standard InChI is InChI=1S/C11H14BrN.ClH/c1-11(6-3-7-13-11)9-4-2-5-10(12)8-9;/h2,4-5,8,13H,3,6-7H2,1H3;1H. The summed E-state index contributed by atoms with van der Waals surface area (Å²) >= 11 is 3.51. The van der Waals surface area contributed by atoms with E-state index in [1.165, 1.54) is 22.9 Å². The lowest BCUT2D eigenvalue weighted by molar-refractivity contribution is 0.434. The molecule has 1 aromatic rings. The van der Waals surface area contributed by atoms with E-state index in [1.54, 1.807) is 0 Å². The summed E-state index contributed by atoms with van der Waals surface area (Å²) in [5, 5.41) is 3.56. The summed E-state index contributed by atoms with van der Waals surface area (Å²) in [6, 6.07) is 8.58. The van der Waals surface area contributed by atoms with Gasteiger partial charge in [-0.15, -0.1) is 12.4 Å². The van der Waals surface area contributed by atoms with E-state index in [-0.39, 0.29) is 17.9 Å². The number of nitrogens with one attached hydrogen (secondary N) is 1. The molecule has 1 aliphatic rings. The molecule has 1 aromatic carbocycles. The predicted molar refractivity (Wildman–Crippen MR) is 66.0 cm³/mol. The lowest BCUT2D eigenvalue weighted by Crippen LogP contribution is -2.32. The molecule has 0 amide bonds. The van der Waals surface area contributed by atoms with Gasteiger partial charge in [0, 0.05) is 10.0 Å². The van der Waals surface area contributed by atoms with Crippen LogP contribution in [-0.4, -0.2) is 6.54 Å². The molecule has 0 saturated carbocycles. The molecule has 1 atom stereocenters. The van der Waals surface area contributed by atoms with Crippen molar-refractivity contribution in [3.63, 3.8) is 0 Å². The molecule has 0 radical (unpaired) electrons. The molecule has 2 rings (SSSR count). The average molecular weight is 277 g/mol. The second-order valence-corrected chi connectivity index (χ2v) is 4.79. The minimum absolute atomic E-state index is 0. The Balaban J connectivity index is 0.000000980. The zero-order valence-electron chi connectivity index (χ0n) is 8.22. The summed E-state index contributed by atoms with van der Waals surface area (Å²) in [6.07, 6.45) is 2.52. The number of rotatable bonds is 1. The third-order valence-electron chi connectivity index (χ3n) is 2.83. The summed E-state index contributed by atoms with van der Waals surface area (Å²) in [5.41, 5.74) is 1.59. The fraction of sp³-hybridized carbons (Fsp3) is 0.455. The molecule has 1 N–H and O–H groups in total. The molecule has 1 fully saturated rings. The van der Waals surface area contributed by atoms with Crippen LogP contribution in [0.4, 0.5) is 0 Å². The van der Waals surface area contributed by atoms with Crippen molar-refractivity contribution >= 4 is 28.3 Å². The molecule has 3 heteroatoms. The number of halogens is 2. The maximum atomic E-state index is 3.56. The summed E-state index contributed by atoms with van der Waals surface area (Å²) in [6.45, 7) is 3.42. The minimum Gasteiger partial charge on any atom is -0.308 e. The molecule has 0 aliphatic carbocycles. The minimum atomic E-state index is 0. The third kappa shape index (κ3) is 2.30. The van der Waals surface area contributed by atoms with Crippen LogP contribution in [0.15, 0.2) is 28.7 Å². The maximum Gasteiger partial charge on any atom is 0.0406 e. The highest BCUT2D eigenvalue weighted by atomic mass is 79.9. The van der Waals surface area contributed by atoms with Crippen molar-refractivity contribution in [2.45, 2.75) is 25.3 Å². The van der Waals surface area contributed by atoms with Gasteiger partial charge >= 0.3 is 0 Å². The van der Waals surface area contributed by atoms with Gasteiger partial charge in [-0.25, -0.2) is 0 Å².